The van der Waals surface area contributed by atoms with Crippen molar-refractivity contribution in [3.63, 3.8) is 0 Å². The van der Waals surface area contributed by atoms with Gasteiger partial charge < -0.3 is 10.2 Å². The predicted molar refractivity (Wildman–Crippen MR) is 71.6 cm³/mol. The normalized spacial score (nSPS) is 13.8. The minimum atomic E-state index is 0.662. The molecule has 94 valence electrons. The molecule has 0 bridgehead atoms. The maximum absolute atomic E-state index is 5.51. The van der Waals surface area contributed by atoms with Gasteiger partial charge in [-0.3, -0.25) is 0 Å². The molecular formula is C12H14N4OS. The van der Waals surface area contributed by atoms with E-state index in [0.717, 1.165) is 34.6 Å². The third kappa shape index (κ3) is 2.03. The molecule has 0 spiro atoms. The van der Waals surface area contributed by atoms with Crippen LogP contribution in [0, 0.1) is 0 Å². The number of benzene rings is 1. The highest BCUT2D eigenvalue weighted by atomic mass is 32.2. The van der Waals surface area contributed by atoms with Crippen molar-refractivity contribution < 1.29 is 4.74 Å². The predicted octanol–water partition coefficient (Wildman–Crippen LogP) is 1.99. The van der Waals surface area contributed by atoms with Crippen molar-refractivity contribution in [2.24, 2.45) is 0 Å². The molecule has 5 nitrogen and oxygen atoms in total. The van der Waals surface area contributed by atoms with Crippen LogP contribution in [0.25, 0.3) is 11.4 Å². The topological polar surface area (TPSA) is 52.0 Å². The quantitative estimate of drug-likeness (QED) is 0.916. The second-order valence-corrected chi connectivity index (χ2v) is 4.92. The Kier molecular flexibility index (Phi) is 3.10. The molecule has 0 saturated carbocycles. The summed E-state index contributed by atoms with van der Waals surface area (Å²) in [4.78, 5) is 0. The minimum absolute atomic E-state index is 0.662. The first-order valence-corrected chi connectivity index (χ1v) is 6.92. The summed E-state index contributed by atoms with van der Waals surface area (Å²) in [5, 5.41) is 9.34. The molecule has 3 rings (SSSR count). The average Bonchev–Trinajstić information content (AvgIpc) is 2.83. The van der Waals surface area contributed by atoms with Gasteiger partial charge >= 0.3 is 0 Å². The zero-order valence-corrected chi connectivity index (χ0v) is 10.9. The summed E-state index contributed by atoms with van der Waals surface area (Å²) in [5.41, 5.74) is 4.30. The molecule has 0 aliphatic carbocycles. The Bertz CT molecular complexity index is 555. The van der Waals surface area contributed by atoms with Crippen molar-refractivity contribution >= 4 is 11.8 Å². The molecule has 0 unspecified atom stereocenters. The fourth-order valence-corrected chi connectivity index (χ4v) is 2.64. The van der Waals surface area contributed by atoms with E-state index >= 15 is 0 Å². The molecule has 1 N–H and O–H groups in total. The lowest BCUT2D eigenvalue weighted by Gasteiger charge is -2.16. The molecule has 2 aromatic rings. The number of aromatic nitrogens is 3. The molecule has 0 fully saturated rings. The van der Waals surface area contributed by atoms with Crippen LogP contribution >= 0.6 is 11.8 Å². The lowest BCUT2D eigenvalue weighted by Crippen LogP contribution is -2.23. The summed E-state index contributed by atoms with van der Waals surface area (Å²) in [6.07, 6.45) is 0. The van der Waals surface area contributed by atoms with Gasteiger partial charge in [0, 0.05) is 17.9 Å². The van der Waals surface area contributed by atoms with Gasteiger partial charge in [0.2, 0.25) is 5.16 Å². The van der Waals surface area contributed by atoms with Crippen molar-refractivity contribution in [2.45, 2.75) is 12.1 Å². The summed E-state index contributed by atoms with van der Waals surface area (Å²) in [7, 11) is 0. The van der Waals surface area contributed by atoms with Crippen molar-refractivity contribution in [3.05, 3.63) is 24.3 Å². The molecule has 1 aromatic heterocycles. The van der Waals surface area contributed by atoms with Crippen LogP contribution in [0.5, 0.6) is 5.75 Å². The van der Waals surface area contributed by atoms with E-state index in [9.17, 15) is 0 Å². The van der Waals surface area contributed by atoms with Gasteiger partial charge in [-0.15, -0.1) is 10.2 Å². The molecule has 0 atom stereocenters. The first-order chi connectivity index (χ1) is 8.88. The van der Waals surface area contributed by atoms with Crippen molar-refractivity contribution in [1.29, 1.82) is 0 Å². The Labute approximate surface area is 110 Å². The van der Waals surface area contributed by atoms with Gasteiger partial charge in [0.05, 0.1) is 6.61 Å². The third-order valence-electron chi connectivity index (χ3n) is 2.64. The van der Waals surface area contributed by atoms with E-state index < -0.39 is 0 Å². The summed E-state index contributed by atoms with van der Waals surface area (Å²) in [6.45, 7) is 3.56. The number of rotatable bonds is 3. The Morgan fingerprint density at radius 1 is 1.44 bits per heavy atom. The Hall–Kier alpha value is -1.69. The zero-order chi connectivity index (χ0) is 12.4. The number of ether oxygens (including phenoxy) is 1. The summed E-state index contributed by atoms with van der Waals surface area (Å²) >= 11 is 1.71. The van der Waals surface area contributed by atoms with Crippen LogP contribution in [0.1, 0.15) is 6.92 Å². The van der Waals surface area contributed by atoms with Gasteiger partial charge in [0.15, 0.2) is 5.82 Å². The van der Waals surface area contributed by atoms with Gasteiger partial charge in [-0.2, -0.15) is 0 Å². The van der Waals surface area contributed by atoms with Gasteiger partial charge in [0.25, 0.3) is 0 Å². The molecule has 0 amide bonds. The van der Waals surface area contributed by atoms with E-state index in [0.29, 0.717) is 6.61 Å². The van der Waals surface area contributed by atoms with E-state index in [1.54, 1.807) is 11.8 Å². The second-order valence-electron chi connectivity index (χ2n) is 3.86. The molecular weight excluding hydrogens is 248 g/mol. The Balaban J connectivity index is 1.99. The molecule has 1 aliphatic rings. The molecule has 6 heteroatoms. The number of thioether (sulfide) groups is 1. The third-order valence-corrected chi connectivity index (χ3v) is 3.57. The number of hydrogen-bond donors (Lipinski definition) is 1. The Morgan fingerprint density at radius 2 is 2.39 bits per heavy atom. The van der Waals surface area contributed by atoms with Gasteiger partial charge in [0.1, 0.15) is 5.75 Å². The number of hydrogen-bond acceptors (Lipinski definition) is 5. The summed E-state index contributed by atoms with van der Waals surface area (Å²) in [5.74, 6) is 2.71. The minimum Gasteiger partial charge on any atom is -0.494 e. The number of nitrogens with zero attached hydrogens (tertiary/aromatic N) is 3. The number of nitrogens with one attached hydrogen (secondary N) is 1. The van der Waals surface area contributed by atoms with Crippen molar-refractivity contribution in [2.75, 3.05) is 24.3 Å². The average molecular weight is 262 g/mol. The van der Waals surface area contributed by atoms with E-state index in [4.69, 9.17) is 4.74 Å². The molecule has 2 heterocycles. The van der Waals surface area contributed by atoms with E-state index in [-0.39, 0.29) is 0 Å². The fraction of sp³-hybridized carbons (Fsp3) is 0.333. The monoisotopic (exact) mass is 262 g/mol. The van der Waals surface area contributed by atoms with Crippen LogP contribution in [-0.4, -0.2) is 33.8 Å². The molecule has 0 saturated heterocycles. The highest BCUT2D eigenvalue weighted by molar-refractivity contribution is 7.99. The molecule has 0 radical (unpaired) electrons. The smallest absolute Gasteiger partial charge is 0.210 e. The maximum Gasteiger partial charge on any atom is 0.210 e. The molecule has 1 aromatic carbocycles. The molecule has 1 aliphatic heterocycles. The maximum atomic E-state index is 5.51. The number of fused-ring (bicyclic) bond motifs is 1. The summed E-state index contributed by atoms with van der Waals surface area (Å²) < 4.78 is 7.45. The van der Waals surface area contributed by atoms with Crippen LogP contribution in [0.4, 0.5) is 0 Å². The zero-order valence-electron chi connectivity index (χ0n) is 10.1. The first kappa shape index (κ1) is 11.4. The lowest BCUT2D eigenvalue weighted by molar-refractivity contribution is 0.340. The second kappa shape index (κ2) is 4.89. The molecule has 18 heavy (non-hydrogen) atoms. The van der Waals surface area contributed by atoms with Crippen LogP contribution in [-0.2, 0) is 0 Å². The van der Waals surface area contributed by atoms with Gasteiger partial charge in [-0.05, 0) is 19.1 Å². The van der Waals surface area contributed by atoms with Crippen LogP contribution in [0.2, 0.25) is 0 Å². The summed E-state index contributed by atoms with van der Waals surface area (Å²) in [6, 6.07) is 7.92. The van der Waals surface area contributed by atoms with Crippen molar-refractivity contribution in [1.82, 2.24) is 14.9 Å². The fourth-order valence-electron chi connectivity index (χ4n) is 1.88. The van der Waals surface area contributed by atoms with Crippen LogP contribution in [0.3, 0.4) is 0 Å². The highest BCUT2D eigenvalue weighted by Crippen LogP contribution is 2.26. The van der Waals surface area contributed by atoms with E-state index in [1.807, 2.05) is 35.9 Å². The van der Waals surface area contributed by atoms with Crippen LogP contribution in [0.15, 0.2) is 29.4 Å². The van der Waals surface area contributed by atoms with E-state index in [2.05, 4.69) is 15.6 Å². The first-order valence-electron chi connectivity index (χ1n) is 5.94. The van der Waals surface area contributed by atoms with Crippen molar-refractivity contribution in [3.8, 4) is 17.1 Å². The standard InChI is InChI=1S/C12H14N4OS/c1-2-17-10-5-3-4-9(8-10)11-14-15-12-16(11)13-6-7-18-12/h3-5,8,13H,2,6-7H2,1H3. The van der Waals surface area contributed by atoms with E-state index in [1.165, 1.54) is 0 Å². The van der Waals surface area contributed by atoms with Gasteiger partial charge in [-0.1, -0.05) is 23.9 Å². The van der Waals surface area contributed by atoms with Gasteiger partial charge in [-0.25, -0.2) is 4.68 Å². The Morgan fingerprint density at radius 3 is 3.28 bits per heavy atom. The largest absolute Gasteiger partial charge is 0.494 e. The lowest BCUT2D eigenvalue weighted by atomic mass is 10.2. The highest BCUT2D eigenvalue weighted by Gasteiger charge is 2.17. The SMILES string of the molecule is CCOc1cccc(-c2nnc3n2NCCS3)c1. The van der Waals surface area contributed by atoms with Crippen LogP contribution < -0.4 is 10.2 Å².